The normalized spacial score (nSPS) is 10.5. The van der Waals surface area contributed by atoms with Gasteiger partial charge in [-0.1, -0.05) is 141 Å². The zero-order chi connectivity index (χ0) is 33.4. The van der Waals surface area contributed by atoms with Crippen LogP contribution in [-0.4, -0.2) is 67.0 Å². The first-order valence-electron chi connectivity index (χ1n) is 17.8. The smallest absolute Gasteiger partial charge is 0.652 e. The average Bonchev–Trinajstić information content (AvgIpc) is 2.97. The molecule has 0 aliphatic heterocycles. The standard InChI is InChI=1S/2C18H34O2.CH2O3.Ba/c2*1-2-3-4-5-6-7-8-9-10-11-12-13-14-15-16-17-18(19)20;2-1(3)4;/h2*9-10H,2-8,11-17H2,1H3,(H,19,20);(H2,2,3,4);/q;;;+2/p-4/b2*10-9-;;. The van der Waals surface area contributed by atoms with E-state index in [1.807, 2.05) is 0 Å². The Bertz CT molecular complexity index is 611. The Labute approximate surface area is 317 Å². The third kappa shape index (κ3) is 66.6. The van der Waals surface area contributed by atoms with Crippen LogP contribution in [0.3, 0.4) is 0 Å². The summed E-state index contributed by atoms with van der Waals surface area (Å²) in [5, 5.41) is 37.1. The molecule has 0 heterocycles. The second kappa shape index (κ2) is 47.7. The fourth-order valence-corrected chi connectivity index (χ4v) is 4.68. The van der Waals surface area contributed by atoms with E-state index in [1.54, 1.807) is 0 Å². The SMILES string of the molecule is CCCCCCCC/C=C\CCCCCCCC(=O)[O-].CCCCCCCC/C=C\CCCCCCCC(=O)[O-].O=C([O-])[O-].[Ba+2]. The molecule has 0 bridgehead atoms. The van der Waals surface area contributed by atoms with Crippen molar-refractivity contribution in [1.82, 2.24) is 0 Å². The molecule has 8 heteroatoms. The van der Waals surface area contributed by atoms with E-state index in [9.17, 15) is 19.8 Å². The van der Waals surface area contributed by atoms with E-state index < -0.39 is 18.1 Å². The summed E-state index contributed by atoms with van der Waals surface area (Å²) in [6.07, 6.45) is 39.5. The van der Waals surface area contributed by atoms with Gasteiger partial charge in [-0.15, -0.1) is 0 Å². The van der Waals surface area contributed by atoms with Gasteiger partial charge in [0.25, 0.3) is 0 Å². The van der Waals surface area contributed by atoms with Gasteiger partial charge in [0, 0.05) is 11.9 Å². The summed E-state index contributed by atoms with van der Waals surface area (Å²) in [4.78, 5) is 28.8. The summed E-state index contributed by atoms with van der Waals surface area (Å²) in [5.74, 6) is -1.83. The predicted molar refractivity (Wildman–Crippen MR) is 180 cm³/mol. The molecule has 260 valence electrons. The molecule has 0 saturated heterocycles. The molecule has 0 aliphatic carbocycles. The summed E-state index contributed by atoms with van der Waals surface area (Å²) in [6.45, 7) is 4.51. The minimum atomic E-state index is -2.33. The van der Waals surface area contributed by atoms with Gasteiger partial charge in [0.05, 0.1) is 0 Å². The number of carboxylic acid groups (broad SMARTS) is 4. The average molecular weight is 760 g/mol. The molecule has 0 N–H and O–H groups in total. The maximum atomic E-state index is 10.2. The summed E-state index contributed by atoms with van der Waals surface area (Å²) in [6, 6.07) is 0. The molecule has 0 spiro atoms. The molecule has 0 unspecified atom stereocenters. The van der Waals surface area contributed by atoms with Crippen LogP contribution in [-0.2, 0) is 9.59 Å². The van der Waals surface area contributed by atoms with Crippen molar-refractivity contribution in [2.45, 2.75) is 194 Å². The van der Waals surface area contributed by atoms with Gasteiger partial charge in [-0.2, -0.15) is 0 Å². The number of rotatable bonds is 30. The minimum Gasteiger partial charge on any atom is -0.652 e. The van der Waals surface area contributed by atoms with Crippen LogP contribution in [0.25, 0.3) is 0 Å². The third-order valence-electron chi connectivity index (χ3n) is 7.29. The van der Waals surface area contributed by atoms with E-state index in [-0.39, 0.29) is 61.7 Å². The molecule has 0 radical (unpaired) electrons. The molecule has 7 nitrogen and oxygen atoms in total. The number of carbonyl (C=O) groups is 3. The molecule has 0 amide bonds. The number of allylic oxidation sites excluding steroid dienone is 4. The number of unbranched alkanes of at least 4 members (excludes halogenated alkanes) is 22. The predicted octanol–water partition coefficient (Wildman–Crippen LogP) is 6.72. The number of carbonyl (C=O) groups excluding carboxylic acids is 3. The quantitative estimate of drug-likeness (QED) is 0.0450. The topological polar surface area (TPSA) is 143 Å². The van der Waals surface area contributed by atoms with Gasteiger partial charge < -0.3 is 34.8 Å². The second-order valence-corrected chi connectivity index (χ2v) is 11.7. The van der Waals surface area contributed by atoms with Crippen molar-refractivity contribution in [2.75, 3.05) is 0 Å². The number of hydrogen-bond acceptors (Lipinski definition) is 7. The van der Waals surface area contributed by atoms with Gasteiger partial charge in [-0.05, 0) is 83.2 Å². The molecule has 0 saturated carbocycles. The summed E-state index contributed by atoms with van der Waals surface area (Å²) in [7, 11) is 0. The first kappa shape index (κ1) is 51.1. The van der Waals surface area contributed by atoms with Crippen molar-refractivity contribution in [1.29, 1.82) is 0 Å². The van der Waals surface area contributed by atoms with Crippen molar-refractivity contribution in [3.8, 4) is 0 Å². The van der Waals surface area contributed by atoms with E-state index in [0.29, 0.717) is 0 Å². The first-order valence-corrected chi connectivity index (χ1v) is 17.8. The Morgan fingerprint density at radius 2 is 0.578 bits per heavy atom. The van der Waals surface area contributed by atoms with Crippen molar-refractivity contribution < 1.29 is 34.8 Å². The Balaban J connectivity index is -0.000000327. The van der Waals surface area contributed by atoms with Crippen LogP contribution in [0.4, 0.5) is 4.79 Å². The van der Waals surface area contributed by atoms with Crippen LogP contribution < -0.4 is 20.4 Å². The second-order valence-electron chi connectivity index (χ2n) is 11.7. The van der Waals surface area contributed by atoms with Gasteiger partial charge in [0.1, 0.15) is 0 Å². The molecule has 0 aromatic carbocycles. The first-order chi connectivity index (χ1) is 21.3. The Hall–Kier alpha value is -0.739. The van der Waals surface area contributed by atoms with Crippen LogP contribution in [0.15, 0.2) is 24.3 Å². The van der Waals surface area contributed by atoms with Crippen molar-refractivity contribution in [3.63, 3.8) is 0 Å². The zero-order valence-electron chi connectivity index (χ0n) is 29.2. The zero-order valence-corrected chi connectivity index (χ0v) is 33.6. The number of carboxylic acids is 2. The monoisotopic (exact) mass is 760 g/mol. The molecule has 0 aromatic heterocycles. The summed E-state index contributed by atoms with van der Waals surface area (Å²) >= 11 is 0. The fraction of sp³-hybridized carbons (Fsp3) is 0.811. The Morgan fingerprint density at radius 3 is 0.800 bits per heavy atom. The number of aliphatic carboxylic acids is 2. The van der Waals surface area contributed by atoms with Gasteiger partial charge in [-0.3, -0.25) is 0 Å². The molecule has 0 rings (SSSR count). The largest absolute Gasteiger partial charge is 2.00 e. The molecular formula is C37H66BaO7-2. The Kier molecular flexibility index (Phi) is 54.1. The Morgan fingerprint density at radius 1 is 0.378 bits per heavy atom. The molecule has 0 fully saturated rings. The van der Waals surface area contributed by atoms with Crippen molar-refractivity contribution in [3.05, 3.63) is 24.3 Å². The van der Waals surface area contributed by atoms with E-state index in [0.717, 1.165) is 38.5 Å². The van der Waals surface area contributed by atoms with Gasteiger partial charge in [0.2, 0.25) is 0 Å². The van der Waals surface area contributed by atoms with E-state index in [2.05, 4.69) is 38.2 Å². The summed E-state index contributed by atoms with van der Waals surface area (Å²) in [5.41, 5.74) is 0. The van der Waals surface area contributed by atoms with Crippen LogP contribution >= 0.6 is 0 Å². The number of hydrogen-bond donors (Lipinski definition) is 0. The molecular weight excluding hydrogens is 694 g/mol. The molecule has 0 aliphatic rings. The molecule has 0 aromatic rings. The van der Waals surface area contributed by atoms with Crippen LogP contribution in [0, 0.1) is 0 Å². The minimum absolute atomic E-state index is 0. The van der Waals surface area contributed by atoms with Crippen molar-refractivity contribution in [2.24, 2.45) is 0 Å². The molecule has 0 atom stereocenters. The van der Waals surface area contributed by atoms with E-state index in [1.165, 1.54) is 128 Å². The van der Waals surface area contributed by atoms with Crippen LogP contribution in [0.1, 0.15) is 194 Å². The maximum absolute atomic E-state index is 10.2. The van der Waals surface area contributed by atoms with Crippen molar-refractivity contribution >= 4 is 67.0 Å². The van der Waals surface area contributed by atoms with Crippen LogP contribution in [0.2, 0.25) is 0 Å². The van der Waals surface area contributed by atoms with Gasteiger partial charge in [-0.25, -0.2) is 0 Å². The van der Waals surface area contributed by atoms with Gasteiger partial charge in [0.15, 0.2) is 0 Å². The maximum Gasteiger partial charge on any atom is 2.00 e. The summed E-state index contributed by atoms with van der Waals surface area (Å²) < 4.78 is 0. The van der Waals surface area contributed by atoms with Crippen LogP contribution in [0.5, 0.6) is 0 Å². The van der Waals surface area contributed by atoms with E-state index >= 15 is 0 Å². The van der Waals surface area contributed by atoms with E-state index in [4.69, 9.17) is 15.0 Å². The fourth-order valence-electron chi connectivity index (χ4n) is 4.68. The third-order valence-corrected chi connectivity index (χ3v) is 7.29. The molecule has 45 heavy (non-hydrogen) atoms. The van der Waals surface area contributed by atoms with Gasteiger partial charge >= 0.3 is 48.9 Å².